The molecule has 0 aromatic heterocycles. The predicted octanol–water partition coefficient (Wildman–Crippen LogP) is 18.3. The van der Waals surface area contributed by atoms with Crippen LogP contribution in [0.15, 0.2) is 109 Å². The summed E-state index contributed by atoms with van der Waals surface area (Å²) >= 11 is 0. The predicted molar refractivity (Wildman–Crippen MR) is 288 cm³/mol. The standard InChI is InChI=1S/C61H100O6/c1-4-7-10-13-16-19-22-25-28-30-31-32-34-36-39-42-45-48-51-54-60(63)66-57-58(56-65-59(62)53-50-47-44-41-38-35-27-24-21-18-15-12-9-6-3)67-61(64)55-52-49-46-43-40-37-33-29-26-23-20-17-14-11-8-5-2/h7,10,16,19-20,23-25,27-29,31-33,36,39,45,48,58H,4-6,8-9,11-15,17-18,21-22,26,30,34-35,37-38,40-44,46-47,49-57H2,1-3H3/b10-7-,19-16-,23-20-,27-24-,28-25-,32-31-,33-29-,39-36-,48-45-. The highest BCUT2D eigenvalue weighted by Crippen LogP contribution is 2.13. The molecule has 1 atom stereocenters. The van der Waals surface area contributed by atoms with Crippen molar-refractivity contribution in [1.29, 1.82) is 0 Å². The summed E-state index contributed by atoms with van der Waals surface area (Å²) in [4.78, 5) is 38.0. The van der Waals surface area contributed by atoms with Crippen LogP contribution in [0.3, 0.4) is 0 Å². The maximum atomic E-state index is 12.8. The van der Waals surface area contributed by atoms with Gasteiger partial charge in [-0.2, -0.15) is 0 Å². The summed E-state index contributed by atoms with van der Waals surface area (Å²) in [6.07, 6.45) is 73.7. The first-order valence-electron chi connectivity index (χ1n) is 27.4. The summed E-state index contributed by atoms with van der Waals surface area (Å²) in [6, 6.07) is 0. The lowest BCUT2D eigenvalue weighted by Gasteiger charge is -2.18. The maximum absolute atomic E-state index is 12.8. The first-order chi connectivity index (χ1) is 33.0. The van der Waals surface area contributed by atoms with Gasteiger partial charge >= 0.3 is 17.9 Å². The van der Waals surface area contributed by atoms with E-state index in [0.717, 1.165) is 116 Å². The van der Waals surface area contributed by atoms with E-state index in [4.69, 9.17) is 14.2 Å². The fraction of sp³-hybridized carbons (Fsp3) is 0.656. The highest BCUT2D eigenvalue weighted by atomic mass is 16.6. The first-order valence-corrected chi connectivity index (χ1v) is 27.4. The van der Waals surface area contributed by atoms with Crippen LogP contribution in [0, 0.1) is 0 Å². The largest absolute Gasteiger partial charge is 0.462 e. The fourth-order valence-electron chi connectivity index (χ4n) is 7.14. The minimum absolute atomic E-state index is 0.113. The van der Waals surface area contributed by atoms with Gasteiger partial charge in [-0.25, -0.2) is 0 Å². The van der Waals surface area contributed by atoms with Crippen molar-refractivity contribution in [2.24, 2.45) is 0 Å². The smallest absolute Gasteiger partial charge is 0.306 e. The number of hydrogen-bond acceptors (Lipinski definition) is 6. The Balaban J connectivity index is 4.55. The second kappa shape index (κ2) is 54.7. The van der Waals surface area contributed by atoms with Crippen LogP contribution < -0.4 is 0 Å². The van der Waals surface area contributed by atoms with Gasteiger partial charge in [0.2, 0.25) is 0 Å². The quantitative estimate of drug-likeness (QED) is 0.0262. The molecule has 0 fully saturated rings. The van der Waals surface area contributed by atoms with E-state index < -0.39 is 6.10 Å². The Kier molecular flexibility index (Phi) is 51.5. The van der Waals surface area contributed by atoms with Gasteiger partial charge in [0.05, 0.1) is 0 Å². The maximum Gasteiger partial charge on any atom is 0.306 e. The van der Waals surface area contributed by atoms with Crippen molar-refractivity contribution >= 4 is 17.9 Å². The van der Waals surface area contributed by atoms with E-state index in [1.807, 2.05) is 6.08 Å². The minimum atomic E-state index is -0.821. The van der Waals surface area contributed by atoms with Gasteiger partial charge < -0.3 is 14.2 Å². The van der Waals surface area contributed by atoms with Crippen molar-refractivity contribution in [2.75, 3.05) is 13.2 Å². The second-order valence-corrected chi connectivity index (χ2v) is 17.7. The van der Waals surface area contributed by atoms with Gasteiger partial charge in [-0.05, 0) is 116 Å². The summed E-state index contributed by atoms with van der Waals surface area (Å²) in [5.74, 6) is -1.02. The molecule has 0 spiro atoms. The van der Waals surface area contributed by atoms with Crippen molar-refractivity contribution in [2.45, 2.75) is 245 Å². The van der Waals surface area contributed by atoms with Crippen LogP contribution in [0.1, 0.15) is 239 Å². The third kappa shape index (κ3) is 52.9. The minimum Gasteiger partial charge on any atom is -0.462 e. The van der Waals surface area contributed by atoms with E-state index in [1.54, 1.807) is 0 Å². The molecule has 0 bridgehead atoms. The van der Waals surface area contributed by atoms with Gasteiger partial charge in [0.1, 0.15) is 13.2 Å². The van der Waals surface area contributed by atoms with Gasteiger partial charge in [0.15, 0.2) is 6.10 Å². The Bertz CT molecular complexity index is 1390. The van der Waals surface area contributed by atoms with Gasteiger partial charge in [-0.3, -0.25) is 14.4 Å². The number of carbonyl (C=O) groups is 3. The lowest BCUT2D eigenvalue weighted by Crippen LogP contribution is -2.30. The summed E-state index contributed by atoms with van der Waals surface area (Å²) in [5, 5.41) is 0. The van der Waals surface area contributed by atoms with Crippen molar-refractivity contribution in [3.63, 3.8) is 0 Å². The summed E-state index contributed by atoms with van der Waals surface area (Å²) < 4.78 is 16.7. The Labute approximate surface area is 412 Å². The molecule has 0 saturated heterocycles. The molecule has 0 saturated carbocycles. The van der Waals surface area contributed by atoms with Crippen LogP contribution in [-0.2, 0) is 28.6 Å². The molecular formula is C61H100O6. The molecule has 0 N–H and O–H groups in total. The second-order valence-electron chi connectivity index (χ2n) is 17.7. The zero-order valence-electron chi connectivity index (χ0n) is 43.4. The van der Waals surface area contributed by atoms with Gasteiger partial charge in [0, 0.05) is 19.3 Å². The number of unbranched alkanes of at least 4 members (excludes halogenated alkanes) is 19. The molecule has 0 aliphatic heterocycles. The van der Waals surface area contributed by atoms with E-state index in [0.29, 0.717) is 19.3 Å². The van der Waals surface area contributed by atoms with E-state index >= 15 is 0 Å². The number of carbonyl (C=O) groups excluding carboxylic acids is 3. The Morgan fingerprint density at radius 1 is 0.313 bits per heavy atom. The Morgan fingerprint density at radius 3 is 1.03 bits per heavy atom. The highest BCUT2D eigenvalue weighted by molar-refractivity contribution is 5.71. The van der Waals surface area contributed by atoms with Crippen molar-refractivity contribution in [3.05, 3.63) is 109 Å². The van der Waals surface area contributed by atoms with Crippen LogP contribution >= 0.6 is 0 Å². The van der Waals surface area contributed by atoms with E-state index in [9.17, 15) is 14.4 Å². The zero-order valence-corrected chi connectivity index (χ0v) is 43.4. The SMILES string of the molecule is CC/C=C\C/C=C\C/C=C\C/C=C\C/C=C\C/C=C\CCC(=O)OCC(COC(=O)CCCCCCC/C=C\CCCCCCC)OC(=O)CCCCCCC/C=C\C/C=C\CCCCCC. The lowest BCUT2D eigenvalue weighted by atomic mass is 10.1. The molecule has 0 rings (SSSR count). The van der Waals surface area contributed by atoms with Gasteiger partial charge in [-0.1, -0.05) is 214 Å². The van der Waals surface area contributed by atoms with Crippen LogP contribution in [0.4, 0.5) is 0 Å². The number of esters is 3. The normalized spacial score (nSPS) is 12.9. The lowest BCUT2D eigenvalue weighted by molar-refractivity contribution is -0.166. The third-order valence-corrected chi connectivity index (χ3v) is 11.2. The number of ether oxygens (including phenoxy) is 3. The molecular weight excluding hydrogens is 829 g/mol. The average molecular weight is 929 g/mol. The molecule has 6 heteroatoms. The van der Waals surface area contributed by atoms with Crippen LogP contribution in [-0.4, -0.2) is 37.2 Å². The molecule has 67 heavy (non-hydrogen) atoms. The highest BCUT2D eigenvalue weighted by Gasteiger charge is 2.19. The Hall–Kier alpha value is -3.93. The average Bonchev–Trinajstić information content (AvgIpc) is 3.33. The zero-order chi connectivity index (χ0) is 48.6. The molecule has 1 unspecified atom stereocenters. The van der Waals surface area contributed by atoms with E-state index in [-0.39, 0.29) is 37.5 Å². The summed E-state index contributed by atoms with van der Waals surface area (Å²) in [6.45, 7) is 6.41. The summed E-state index contributed by atoms with van der Waals surface area (Å²) in [7, 11) is 0. The molecule has 0 aromatic carbocycles. The van der Waals surface area contributed by atoms with Crippen LogP contribution in [0.2, 0.25) is 0 Å². The van der Waals surface area contributed by atoms with Crippen LogP contribution in [0.5, 0.6) is 0 Å². The molecule has 0 aliphatic rings. The molecule has 0 aliphatic carbocycles. The number of allylic oxidation sites excluding steroid dienone is 18. The first kappa shape index (κ1) is 63.1. The van der Waals surface area contributed by atoms with Crippen LogP contribution in [0.25, 0.3) is 0 Å². The topological polar surface area (TPSA) is 78.9 Å². The van der Waals surface area contributed by atoms with Crippen molar-refractivity contribution in [3.8, 4) is 0 Å². The summed E-state index contributed by atoms with van der Waals surface area (Å²) in [5.41, 5.74) is 0. The molecule has 6 nitrogen and oxygen atoms in total. The monoisotopic (exact) mass is 929 g/mol. The fourth-order valence-corrected chi connectivity index (χ4v) is 7.14. The van der Waals surface area contributed by atoms with Crippen molar-refractivity contribution in [1.82, 2.24) is 0 Å². The number of hydrogen-bond donors (Lipinski definition) is 0. The number of rotatable bonds is 48. The molecule has 0 heterocycles. The molecule has 0 radical (unpaired) electrons. The molecule has 0 aromatic rings. The van der Waals surface area contributed by atoms with E-state index in [1.165, 1.54) is 77.0 Å². The van der Waals surface area contributed by atoms with Gasteiger partial charge in [0.25, 0.3) is 0 Å². The van der Waals surface area contributed by atoms with Crippen molar-refractivity contribution < 1.29 is 28.6 Å². The molecule has 380 valence electrons. The van der Waals surface area contributed by atoms with E-state index in [2.05, 4.69) is 124 Å². The van der Waals surface area contributed by atoms with Gasteiger partial charge in [-0.15, -0.1) is 0 Å². The third-order valence-electron chi connectivity index (χ3n) is 11.2. The Morgan fingerprint density at radius 2 is 0.612 bits per heavy atom. The molecule has 0 amide bonds.